The molecule has 2 aromatic rings. The van der Waals surface area contributed by atoms with Gasteiger partial charge in [0.1, 0.15) is 6.61 Å². The van der Waals surface area contributed by atoms with E-state index in [0.29, 0.717) is 13.2 Å². The van der Waals surface area contributed by atoms with Crippen molar-refractivity contribution in [3.05, 3.63) is 59.7 Å². The predicted octanol–water partition coefficient (Wildman–Crippen LogP) is 2.98. The number of nitrogens with one attached hydrogen (secondary N) is 1. The van der Waals surface area contributed by atoms with Crippen LogP contribution in [0.2, 0.25) is 0 Å². The number of hydrogen-bond acceptors (Lipinski definition) is 4. The lowest BCUT2D eigenvalue weighted by atomic mass is 9.98. The van der Waals surface area contributed by atoms with E-state index in [9.17, 15) is 9.90 Å². The van der Waals surface area contributed by atoms with Crippen LogP contribution in [0.1, 0.15) is 29.9 Å². The molecule has 0 radical (unpaired) electrons. The molecule has 1 aliphatic carbocycles. The van der Waals surface area contributed by atoms with E-state index in [1.807, 2.05) is 24.3 Å². The zero-order chi connectivity index (χ0) is 18.6. The fourth-order valence-electron chi connectivity index (χ4n) is 4.16. The average Bonchev–Trinajstić information content (AvgIpc) is 3.25. The SMILES string of the molecule is O=C(NCCCN1CC[C@@H](O)C1)OCC1c2ccccc2-c2ccccc21. The zero-order valence-electron chi connectivity index (χ0n) is 15.4. The van der Waals surface area contributed by atoms with Crippen LogP contribution in [0, 0.1) is 0 Å². The van der Waals surface area contributed by atoms with Crippen molar-refractivity contribution in [2.75, 3.05) is 32.8 Å². The maximum absolute atomic E-state index is 12.1. The van der Waals surface area contributed by atoms with Gasteiger partial charge in [-0.2, -0.15) is 0 Å². The van der Waals surface area contributed by atoms with Crippen molar-refractivity contribution in [2.24, 2.45) is 0 Å². The second-order valence-corrected chi connectivity index (χ2v) is 7.35. The number of amides is 1. The molecule has 1 atom stereocenters. The quantitative estimate of drug-likeness (QED) is 0.772. The number of carbonyl (C=O) groups is 1. The fourth-order valence-corrected chi connectivity index (χ4v) is 4.16. The summed E-state index contributed by atoms with van der Waals surface area (Å²) in [7, 11) is 0. The third-order valence-corrected chi connectivity index (χ3v) is 5.51. The third-order valence-electron chi connectivity index (χ3n) is 5.51. The normalized spacial score (nSPS) is 18.9. The Balaban J connectivity index is 1.27. The van der Waals surface area contributed by atoms with Crippen molar-refractivity contribution in [1.29, 1.82) is 0 Å². The zero-order valence-corrected chi connectivity index (χ0v) is 15.4. The van der Waals surface area contributed by atoms with Gasteiger partial charge in [0.15, 0.2) is 0 Å². The van der Waals surface area contributed by atoms with E-state index in [-0.39, 0.29) is 18.1 Å². The average molecular weight is 366 g/mol. The van der Waals surface area contributed by atoms with E-state index in [1.165, 1.54) is 22.3 Å². The van der Waals surface area contributed by atoms with Gasteiger partial charge in [-0.05, 0) is 41.6 Å². The van der Waals surface area contributed by atoms with Crippen LogP contribution >= 0.6 is 0 Å². The summed E-state index contributed by atoms with van der Waals surface area (Å²) >= 11 is 0. The summed E-state index contributed by atoms with van der Waals surface area (Å²) in [4.78, 5) is 14.3. The van der Waals surface area contributed by atoms with E-state index >= 15 is 0 Å². The summed E-state index contributed by atoms with van der Waals surface area (Å²) in [5.74, 6) is 0.0919. The molecule has 142 valence electrons. The van der Waals surface area contributed by atoms with Crippen LogP contribution in [0.15, 0.2) is 48.5 Å². The van der Waals surface area contributed by atoms with Gasteiger partial charge < -0.3 is 20.1 Å². The molecule has 1 aliphatic heterocycles. The van der Waals surface area contributed by atoms with Crippen molar-refractivity contribution < 1.29 is 14.6 Å². The van der Waals surface area contributed by atoms with Gasteiger partial charge in [0.05, 0.1) is 6.10 Å². The summed E-state index contributed by atoms with van der Waals surface area (Å²) in [6, 6.07) is 16.7. The first-order valence-electron chi connectivity index (χ1n) is 9.71. The van der Waals surface area contributed by atoms with E-state index < -0.39 is 0 Å². The monoisotopic (exact) mass is 366 g/mol. The number of fused-ring (bicyclic) bond motifs is 3. The molecule has 2 aromatic carbocycles. The Morgan fingerprint density at radius 2 is 1.78 bits per heavy atom. The van der Waals surface area contributed by atoms with Gasteiger partial charge in [-0.25, -0.2) is 4.79 Å². The molecule has 5 heteroatoms. The third kappa shape index (κ3) is 3.99. The molecular formula is C22H26N2O3. The molecule has 4 rings (SSSR count). The van der Waals surface area contributed by atoms with Crippen molar-refractivity contribution in [3.8, 4) is 11.1 Å². The van der Waals surface area contributed by atoms with E-state index in [0.717, 1.165) is 32.5 Å². The Morgan fingerprint density at radius 3 is 2.41 bits per heavy atom. The van der Waals surface area contributed by atoms with Gasteiger partial charge >= 0.3 is 6.09 Å². The maximum Gasteiger partial charge on any atom is 0.407 e. The minimum atomic E-state index is -0.363. The maximum atomic E-state index is 12.1. The van der Waals surface area contributed by atoms with E-state index in [1.54, 1.807) is 0 Å². The van der Waals surface area contributed by atoms with Gasteiger partial charge in [-0.15, -0.1) is 0 Å². The highest BCUT2D eigenvalue weighted by Gasteiger charge is 2.29. The fraction of sp³-hybridized carbons (Fsp3) is 0.409. The Hall–Kier alpha value is -2.37. The largest absolute Gasteiger partial charge is 0.449 e. The van der Waals surface area contributed by atoms with Crippen molar-refractivity contribution in [2.45, 2.75) is 24.9 Å². The van der Waals surface area contributed by atoms with Crippen LogP contribution < -0.4 is 5.32 Å². The summed E-state index contributed by atoms with van der Waals surface area (Å²) in [5.41, 5.74) is 4.91. The minimum Gasteiger partial charge on any atom is -0.449 e. The highest BCUT2D eigenvalue weighted by molar-refractivity contribution is 5.79. The van der Waals surface area contributed by atoms with Crippen LogP contribution in [0.25, 0.3) is 11.1 Å². The molecule has 1 fully saturated rings. The van der Waals surface area contributed by atoms with Crippen LogP contribution in [-0.2, 0) is 4.74 Å². The van der Waals surface area contributed by atoms with E-state index in [4.69, 9.17) is 4.74 Å². The number of alkyl carbamates (subject to hydrolysis) is 1. The Kier molecular flexibility index (Phi) is 5.41. The molecule has 0 bridgehead atoms. The molecule has 2 N–H and O–H groups in total. The van der Waals surface area contributed by atoms with Crippen LogP contribution in [0.4, 0.5) is 4.79 Å². The number of hydrogen-bond donors (Lipinski definition) is 2. The highest BCUT2D eigenvalue weighted by atomic mass is 16.5. The van der Waals surface area contributed by atoms with Crippen LogP contribution in [0.3, 0.4) is 0 Å². The van der Waals surface area contributed by atoms with Gasteiger partial charge in [0.25, 0.3) is 0 Å². The minimum absolute atomic E-state index is 0.0919. The second-order valence-electron chi connectivity index (χ2n) is 7.35. The van der Waals surface area contributed by atoms with Crippen molar-refractivity contribution in [1.82, 2.24) is 10.2 Å². The molecule has 27 heavy (non-hydrogen) atoms. The Bertz CT molecular complexity index is 762. The molecule has 1 saturated heterocycles. The van der Waals surface area contributed by atoms with E-state index in [2.05, 4.69) is 34.5 Å². The number of aliphatic hydroxyl groups excluding tert-OH is 1. The van der Waals surface area contributed by atoms with Crippen molar-refractivity contribution >= 4 is 6.09 Å². The highest BCUT2D eigenvalue weighted by Crippen LogP contribution is 2.44. The molecule has 1 amide bonds. The lowest BCUT2D eigenvalue weighted by Crippen LogP contribution is -2.30. The number of rotatable bonds is 6. The summed E-state index contributed by atoms with van der Waals surface area (Å²) in [5, 5.41) is 12.4. The molecule has 0 spiro atoms. The number of β-amino-alcohol motifs (C(OH)–C–C–N with tert-alkyl or cyclic N) is 1. The summed E-state index contributed by atoms with van der Waals surface area (Å²) < 4.78 is 5.53. The van der Waals surface area contributed by atoms with Gasteiger partial charge in [0, 0.05) is 25.6 Å². The molecular weight excluding hydrogens is 340 g/mol. The lowest BCUT2D eigenvalue weighted by Gasteiger charge is -2.16. The van der Waals surface area contributed by atoms with Gasteiger partial charge in [-0.3, -0.25) is 0 Å². The Morgan fingerprint density at radius 1 is 1.11 bits per heavy atom. The summed E-state index contributed by atoms with van der Waals surface area (Å²) in [6.45, 7) is 3.50. The molecule has 1 heterocycles. The topological polar surface area (TPSA) is 61.8 Å². The first-order valence-corrected chi connectivity index (χ1v) is 9.71. The van der Waals surface area contributed by atoms with Crippen molar-refractivity contribution in [3.63, 3.8) is 0 Å². The Labute approximate surface area is 160 Å². The molecule has 0 aromatic heterocycles. The first-order chi connectivity index (χ1) is 13.2. The molecule has 0 unspecified atom stereocenters. The molecule has 0 saturated carbocycles. The number of benzene rings is 2. The standard InChI is InChI=1S/C22H26N2O3/c25-16-10-13-24(14-16)12-5-11-23-22(26)27-15-21-19-8-3-1-6-17(19)18-7-2-4-9-20(18)21/h1-4,6-9,16,21,25H,5,10-15H2,(H,23,26)/t16-/m1/s1. The smallest absolute Gasteiger partial charge is 0.407 e. The lowest BCUT2D eigenvalue weighted by molar-refractivity contribution is 0.142. The number of nitrogens with zero attached hydrogens (tertiary/aromatic N) is 1. The number of ether oxygens (including phenoxy) is 1. The summed E-state index contributed by atoms with van der Waals surface area (Å²) in [6.07, 6.45) is 1.15. The molecule has 2 aliphatic rings. The first kappa shape index (κ1) is 18.0. The van der Waals surface area contributed by atoms with Crippen LogP contribution in [0.5, 0.6) is 0 Å². The number of likely N-dealkylation sites (tertiary alicyclic amines) is 1. The van der Waals surface area contributed by atoms with Gasteiger partial charge in [0.2, 0.25) is 0 Å². The predicted molar refractivity (Wildman–Crippen MR) is 105 cm³/mol. The molecule has 5 nitrogen and oxygen atoms in total. The second kappa shape index (κ2) is 8.11. The number of carbonyl (C=O) groups excluding carboxylic acids is 1. The number of aliphatic hydroxyl groups is 1. The van der Waals surface area contributed by atoms with Gasteiger partial charge in [-0.1, -0.05) is 48.5 Å². The van der Waals surface area contributed by atoms with Crippen LogP contribution in [-0.4, -0.2) is 55.0 Å².